The third kappa shape index (κ3) is 2.93. The third-order valence-corrected chi connectivity index (χ3v) is 3.00. The molecule has 0 amide bonds. The quantitative estimate of drug-likeness (QED) is 0.608. The lowest BCUT2D eigenvalue weighted by molar-refractivity contribution is 0.0310. The Bertz CT molecular complexity index is 165. The SMILES string of the molecule is CC(N[C@H]1CCC[C@@H]1O)C(C)(C)O. The summed E-state index contributed by atoms with van der Waals surface area (Å²) in [6.45, 7) is 5.52. The summed E-state index contributed by atoms with van der Waals surface area (Å²) in [4.78, 5) is 0. The number of aliphatic hydroxyl groups excluding tert-OH is 1. The zero-order valence-corrected chi connectivity index (χ0v) is 8.75. The molecule has 1 rings (SSSR count). The van der Waals surface area contributed by atoms with E-state index in [2.05, 4.69) is 5.32 Å². The second-order valence-corrected chi connectivity index (χ2v) is 4.65. The van der Waals surface area contributed by atoms with E-state index in [0.29, 0.717) is 0 Å². The molecule has 3 N–H and O–H groups in total. The Balaban J connectivity index is 2.40. The molecule has 1 aliphatic rings. The molecule has 78 valence electrons. The van der Waals surface area contributed by atoms with Gasteiger partial charge in [0.1, 0.15) is 0 Å². The number of rotatable bonds is 3. The van der Waals surface area contributed by atoms with Crippen molar-refractivity contribution in [2.45, 2.75) is 63.8 Å². The highest BCUT2D eigenvalue weighted by molar-refractivity contribution is 4.89. The van der Waals surface area contributed by atoms with Crippen molar-refractivity contribution in [3.8, 4) is 0 Å². The molecule has 1 fully saturated rings. The molecule has 0 aromatic carbocycles. The monoisotopic (exact) mass is 187 g/mol. The minimum atomic E-state index is -0.720. The van der Waals surface area contributed by atoms with E-state index in [1.807, 2.05) is 6.92 Å². The van der Waals surface area contributed by atoms with Crippen LogP contribution in [0.15, 0.2) is 0 Å². The summed E-state index contributed by atoms with van der Waals surface area (Å²) in [6, 6.07) is 0.187. The van der Waals surface area contributed by atoms with E-state index in [4.69, 9.17) is 0 Å². The molecule has 13 heavy (non-hydrogen) atoms. The van der Waals surface area contributed by atoms with Gasteiger partial charge in [0.25, 0.3) is 0 Å². The van der Waals surface area contributed by atoms with Crippen LogP contribution < -0.4 is 5.32 Å². The van der Waals surface area contributed by atoms with E-state index in [0.717, 1.165) is 19.3 Å². The van der Waals surface area contributed by atoms with Crippen molar-refractivity contribution in [3.63, 3.8) is 0 Å². The molecule has 0 spiro atoms. The second kappa shape index (κ2) is 3.95. The average molecular weight is 187 g/mol. The number of hydrogen-bond acceptors (Lipinski definition) is 3. The summed E-state index contributed by atoms with van der Waals surface area (Å²) < 4.78 is 0. The van der Waals surface area contributed by atoms with Crippen LogP contribution in [0.25, 0.3) is 0 Å². The van der Waals surface area contributed by atoms with Crippen LogP contribution in [0.2, 0.25) is 0 Å². The van der Waals surface area contributed by atoms with Crippen molar-refractivity contribution in [2.75, 3.05) is 0 Å². The van der Waals surface area contributed by atoms with Gasteiger partial charge in [-0.05, 0) is 40.0 Å². The van der Waals surface area contributed by atoms with Crippen LogP contribution in [0.4, 0.5) is 0 Å². The van der Waals surface area contributed by atoms with Gasteiger partial charge in [0.2, 0.25) is 0 Å². The highest BCUT2D eigenvalue weighted by Gasteiger charge is 2.30. The molecule has 0 saturated heterocycles. The van der Waals surface area contributed by atoms with E-state index in [-0.39, 0.29) is 18.2 Å². The van der Waals surface area contributed by atoms with Crippen LogP contribution in [0.1, 0.15) is 40.0 Å². The lowest BCUT2D eigenvalue weighted by Gasteiger charge is -2.30. The van der Waals surface area contributed by atoms with Crippen LogP contribution in [0.5, 0.6) is 0 Å². The molecule has 3 nitrogen and oxygen atoms in total. The van der Waals surface area contributed by atoms with Crippen molar-refractivity contribution in [3.05, 3.63) is 0 Å². The van der Waals surface area contributed by atoms with E-state index < -0.39 is 5.60 Å². The smallest absolute Gasteiger partial charge is 0.0741 e. The lowest BCUT2D eigenvalue weighted by Crippen LogP contribution is -2.51. The Morgan fingerprint density at radius 2 is 2.00 bits per heavy atom. The van der Waals surface area contributed by atoms with Crippen molar-refractivity contribution in [2.24, 2.45) is 0 Å². The van der Waals surface area contributed by atoms with Gasteiger partial charge in [0.15, 0.2) is 0 Å². The normalized spacial score (nSPS) is 32.1. The summed E-state index contributed by atoms with van der Waals surface area (Å²) in [5.74, 6) is 0. The maximum absolute atomic E-state index is 9.69. The highest BCUT2D eigenvalue weighted by Crippen LogP contribution is 2.20. The zero-order valence-electron chi connectivity index (χ0n) is 8.75. The first kappa shape index (κ1) is 11.0. The standard InChI is InChI=1S/C10H21NO2/c1-7(10(2,3)13)11-8-5-4-6-9(8)12/h7-9,11-13H,4-6H2,1-3H3/t7?,8-,9-/m0/s1. The largest absolute Gasteiger partial charge is 0.392 e. The molecular formula is C10H21NO2. The molecule has 0 aromatic heterocycles. The number of hydrogen-bond donors (Lipinski definition) is 3. The van der Waals surface area contributed by atoms with Gasteiger partial charge < -0.3 is 15.5 Å². The topological polar surface area (TPSA) is 52.5 Å². The predicted octanol–water partition coefficient (Wildman–Crippen LogP) is 0.649. The highest BCUT2D eigenvalue weighted by atomic mass is 16.3. The fraction of sp³-hybridized carbons (Fsp3) is 1.00. The molecule has 0 radical (unpaired) electrons. The number of aliphatic hydroxyl groups is 2. The molecule has 0 bridgehead atoms. The van der Waals surface area contributed by atoms with Crippen LogP contribution >= 0.6 is 0 Å². The first-order chi connectivity index (χ1) is 5.91. The molecule has 0 aromatic rings. The molecule has 1 unspecified atom stereocenters. The maximum atomic E-state index is 9.69. The van der Waals surface area contributed by atoms with E-state index in [9.17, 15) is 10.2 Å². The van der Waals surface area contributed by atoms with Gasteiger partial charge in [-0.15, -0.1) is 0 Å². The van der Waals surface area contributed by atoms with Gasteiger partial charge in [-0.3, -0.25) is 0 Å². The fourth-order valence-electron chi connectivity index (χ4n) is 1.66. The molecule has 3 heteroatoms. The molecule has 3 atom stereocenters. The zero-order chi connectivity index (χ0) is 10.1. The van der Waals surface area contributed by atoms with Gasteiger partial charge in [0.05, 0.1) is 11.7 Å². The predicted molar refractivity (Wildman–Crippen MR) is 52.5 cm³/mol. The molecule has 1 saturated carbocycles. The van der Waals surface area contributed by atoms with Crippen molar-refractivity contribution in [1.29, 1.82) is 0 Å². The first-order valence-corrected chi connectivity index (χ1v) is 5.08. The summed E-state index contributed by atoms with van der Waals surface area (Å²) in [5, 5.41) is 22.5. The molecular weight excluding hydrogens is 166 g/mol. The minimum Gasteiger partial charge on any atom is -0.392 e. The fourth-order valence-corrected chi connectivity index (χ4v) is 1.66. The Hall–Kier alpha value is -0.120. The van der Waals surface area contributed by atoms with Gasteiger partial charge in [0, 0.05) is 12.1 Å². The van der Waals surface area contributed by atoms with Gasteiger partial charge in [-0.1, -0.05) is 0 Å². The Labute approximate surface area is 80.2 Å². The second-order valence-electron chi connectivity index (χ2n) is 4.65. The molecule has 0 aliphatic heterocycles. The van der Waals surface area contributed by atoms with Crippen molar-refractivity contribution < 1.29 is 10.2 Å². The Kier molecular flexibility index (Phi) is 3.33. The Morgan fingerprint density at radius 1 is 1.38 bits per heavy atom. The minimum absolute atomic E-state index is 0.0187. The summed E-state index contributed by atoms with van der Waals surface area (Å²) in [5.41, 5.74) is -0.720. The van der Waals surface area contributed by atoms with Gasteiger partial charge >= 0.3 is 0 Å². The van der Waals surface area contributed by atoms with Crippen molar-refractivity contribution in [1.82, 2.24) is 5.32 Å². The van der Waals surface area contributed by atoms with Crippen molar-refractivity contribution >= 4 is 0 Å². The number of nitrogens with one attached hydrogen (secondary N) is 1. The third-order valence-electron chi connectivity index (χ3n) is 3.00. The van der Waals surface area contributed by atoms with E-state index in [1.165, 1.54) is 0 Å². The van der Waals surface area contributed by atoms with Gasteiger partial charge in [-0.2, -0.15) is 0 Å². The Morgan fingerprint density at radius 3 is 2.38 bits per heavy atom. The summed E-state index contributed by atoms with van der Waals surface area (Å²) >= 11 is 0. The average Bonchev–Trinajstić information content (AvgIpc) is 2.34. The van der Waals surface area contributed by atoms with Crippen LogP contribution in [-0.4, -0.2) is 34.0 Å². The maximum Gasteiger partial charge on any atom is 0.0741 e. The van der Waals surface area contributed by atoms with Gasteiger partial charge in [-0.25, -0.2) is 0 Å². The van der Waals surface area contributed by atoms with E-state index >= 15 is 0 Å². The van der Waals surface area contributed by atoms with E-state index in [1.54, 1.807) is 13.8 Å². The lowest BCUT2D eigenvalue weighted by atomic mass is 9.99. The molecule has 1 aliphatic carbocycles. The summed E-state index contributed by atoms with van der Waals surface area (Å²) in [6.07, 6.45) is 2.75. The first-order valence-electron chi connectivity index (χ1n) is 5.08. The molecule has 0 heterocycles. The van der Waals surface area contributed by atoms with Crippen LogP contribution in [-0.2, 0) is 0 Å². The summed E-state index contributed by atoms with van der Waals surface area (Å²) in [7, 11) is 0. The van der Waals surface area contributed by atoms with Crippen LogP contribution in [0.3, 0.4) is 0 Å². The van der Waals surface area contributed by atoms with Crippen LogP contribution in [0, 0.1) is 0 Å².